The Kier molecular flexibility index (Phi) is 2.98. The zero-order valence-corrected chi connectivity index (χ0v) is 15.0. The highest BCUT2D eigenvalue weighted by Crippen LogP contribution is 2.53. The maximum absolute atomic E-state index is 6.31. The van der Waals surface area contributed by atoms with E-state index in [4.69, 9.17) is 11.6 Å². The third-order valence-electron chi connectivity index (χ3n) is 6.54. The Hall–Kier alpha value is -1.43. The van der Waals surface area contributed by atoms with Gasteiger partial charge in [0.2, 0.25) is 0 Å². The van der Waals surface area contributed by atoms with Crippen LogP contribution >= 0.6 is 11.6 Å². The molecule has 0 amide bonds. The zero-order chi connectivity index (χ0) is 16.6. The first-order chi connectivity index (χ1) is 12.2. The molecule has 130 valence electrons. The minimum atomic E-state index is 0.541. The summed E-state index contributed by atoms with van der Waals surface area (Å²) >= 11 is 6.31. The number of hydrogen-bond donors (Lipinski definition) is 1. The van der Waals surface area contributed by atoms with Gasteiger partial charge >= 0.3 is 0 Å². The van der Waals surface area contributed by atoms with Crippen LogP contribution < -0.4 is 5.32 Å². The van der Waals surface area contributed by atoms with E-state index in [2.05, 4.69) is 37.1 Å². The molecule has 1 aromatic carbocycles. The standard InChI is InChI=1S/C19H22ClN5/c20-14-1-4-16-12(5-14)8-24(15-2-3-15)9-17-22-23-18(25(16)17)13-6-19(7-13)10-21-11-19/h1,4-5,13,15,21H,2-3,6-11H2. The van der Waals surface area contributed by atoms with Crippen LogP contribution in [0.5, 0.6) is 0 Å². The maximum Gasteiger partial charge on any atom is 0.151 e. The Bertz CT molecular complexity index is 843. The van der Waals surface area contributed by atoms with Crippen molar-refractivity contribution in [2.24, 2.45) is 5.41 Å². The van der Waals surface area contributed by atoms with Gasteiger partial charge in [-0.05, 0) is 54.9 Å². The SMILES string of the molecule is Clc1ccc2c(c1)CN(C1CC1)Cc1nnc(C3CC4(CNC4)C3)n1-2. The molecule has 0 unspecified atom stereocenters. The van der Waals surface area contributed by atoms with Crippen molar-refractivity contribution in [1.82, 2.24) is 25.0 Å². The van der Waals surface area contributed by atoms with E-state index in [0.717, 1.165) is 29.8 Å². The number of fused-ring (bicyclic) bond motifs is 3. The molecule has 2 aliphatic carbocycles. The lowest BCUT2D eigenvalue weighted by atomic mass is 9.58. The van der Waals surface area contributed by atoms with Crippen LogP contribution in [-0.4, -0.2) is 38.8 Å². The van der Waals surface area contributed by atoms with Gasteiger partial charge in [0.05, 0.1) is 12.2 Å². The van der Waals surface area contributed by atoms with E-state index >= 15 is 0 Å². The fourth-order valence-corrected chi connectivity index (χ4v) is 5.14. The van der Waals surface area contributed by atoms with E-state index in [1.807, 2.05) is 6.07 Å². The molecule has 0 atom stereocenters. The van der Waals surface area contributed by atoms with E-state index in [0.29, 0.717) is 17.4 Å². The summed E-state index contributed by atoms with van der Waals surface area (Å²) in [6.07, 6.45) is 5.09. The Morgan fingerprint density at radius 3 is 2.68 bits per heavy atom. The first-order valence-electron chi connectivity index (χ1n) is 9.39. The molecular formula is C19H22ClN5. The quantitative estimate of drug-likeness (QED) is 0.899. The van der Waals surface area contributed by atoms with Crippen molar-refractivity contribution in [3.05, 3.63) is 40.4 Å². The molecule has 3 heterocycles. The largest absolute Gasteiger partial charge is 0.316 e. The summed E-state index contributed by atoms with van der Waals surface area (Å²) in [6, 6.07) is 6.98. The second-order valence-electron chi connectivity index (χ2n) is 8.43. The third-order valence-corrected chi connectivity index (χ3v) is 6.78. The van der Waals surface area contributed by atoms with Crippen molar-refractivity contribution in [2.45, 2.75) is 50.7 Å². The van der Waals surface area contributed by atoms with Crippen LogP contribution in [0.25, 0.3) is 5.69 Å². The number of aromatic nitrogens is 3. The van der Waals surface area contributed by atoms with Gasteiger partial charge in [-0.3, -0.25) is 9.47 Å². The molecule has 1 spiro atoms. The van der Waals surface area contributed by atoms with Gasteiger partial charge in [0, 0.05) is 36.6 Å². The lowest BCUT2D eigenvalue weighted by Crippen LogP contribution is -2.59. The van der Waals surface area contributed by atoms with Gasteiger partial charge in [-0.15, -0.1) is 10.2 Å². The number of hydrogen-bond acceptors (Lipinski definition) is 4. The van der Waals surface area contributed by atoms with Crippen LogP contribution in [0.15, 0.2) is 18.2 Å². The summed E-state index contributed by atoms with van der Waals surface area (Å²) in [7, 11) is 0. The number of benzene rings is 1. The van der Waals surface area contributed by atoms with Crippen LogP contribution in [0.2, 0.25) is 5.02 Å². The third kappa shape index (κ3) is 2.22. The molecule has 1 saturated heterocycles. The lowest BCUT2D eigenvalue weighted by Gasteiger charge is -2.54. The monoisotopic (exact) mass is 355 g/mol. The average molecular weight is 356 g/mol. The molecule has 3 fully saturated rings. The highest BCUT2D eigenvalue weighted by molar-refractivity contribution is 6.30. The van der Waals surface area contributed by atoms with Gasteiger partial charge in [-0.25, -0.2) is 0 Å². The second-order valence-corrected chi connectivity index (χ2v) is 8.86. The van der Waals surface area contributed by atoms with Gasteiger partial charge < -0.3 is 5.32 Å². The second kappa shape index (κ2) is 5.06. The average Bonchev–Trinajstić information content (AvgIpc) is 3.29. The molecule has 2 saturated carbocycles. The summed E-state index contributed by atoms with van der Waals surface area (Å²) in [6.45, 7) is 4.20. The predicted octanol–water partition coefficient (Wildman–Crippen LogP) is 2.87. The topological polar surface area (TPSA) is 46.0 Å². The van der Waals surface area contributed by atoms with Crippen LogP contribution in [0.4, 0.5) is 0 Å². The Labute approximate surface area is 152 Å². The Morgan fingerprint density at radius 2 is 1.96 bits per heavy atom. The number of halogens is 1. The van der Waals surface area contributed by atoms with Gasteiger partial charge in [0.1, 0.15) is 5.82 Å². The van der Waals surface area contributed by atoms with E-state index in [9.17, 15) is 0 Å². The lowest BCUT2D eigenvalue weighted by molar-refractivity contribution is 0.0323. The van der Waals surface area contributed by atoms with Crippen LogP contribution in [0, 0.1) is 5.41 Å². The van der Waals surface area contributed by atoms with Crippen molar-refractivity contribution >= 4 is 11.6 Å². The fraction of sp³-hybridized carbons (Fsp3) is 0.579. The summed E-state index contributed by atoms with van der Waals surface area (Å²) in [5.41, 5.74) is 3.08. The summed E-state index contributed by atoms with van der Waals surface area (Å²) < 4.78 is 2.34. The van der Waals surface area contributed by atoms with E-state index in [1.54, 1.807) is 0 Å². The maximum atomic E-state index is 6.31. The van der Waals surface area contributed by atoms with Crippen LogP contribution in [-0.2, 0) is 13.1 Å². The van der Waals surface area contributed by atoms with Crippen molar-refractivity contribution in [3.63, 3.8) is 0 Å². The van der Waals surface area contributed by atoms with E-state index in [-0.39, 0.29) is 0 Å². The zero-order valence-electron chi connectivity index (χ0n) is 14.2. The highest BCUT2D eigenvalue weighted by Gasteiger charge is 2.50. The van der Waals surface area contributed by atoms with E-state index < -0.39 is 0 Å². The van der Waals surface area contributed by atoms with Gasteiger partial charge in [0.15, 0.2) is 5.82 Å². The molecule has 2 aliphatic heterocycles. The molecule has 25 heavy (non-hydrogen) atoms. The molecular weight excluding hydrogens is 334 g/mol. The first-order valence-corrected chi connectivity index (χ1v) is 9.76. The molecule has 0 radical (unpaired) electrons. The van der Waals surface area contributed by atoms with Crippen LogP contribution in [0.3, 0.4) is 0 Å². The van der Waals surface area contributed by atoms with Crippen molar-refractivity contribution < 1.29 is 0 Å². The number of rotatable bonds is 2. The normalized spacial score (nSPS) is 25.0. The van der Waals surface area contributed by atoms with Gasteiger partial charge in [-0.2, -0.15) is 0 Å². The first kappa shape index (κ1) is 14.7. The molecule has 0 bridgehead atoms. The van der Waals surface area contributed by atoms with Gasteiger partial charge in [0.25, 0.3) is 0 Å². The Balaban J connectivity index is 1.43. The fourth-order valence-electron chi connectivity index (χ4n) is 4.95. The van der Waals surface area contributed by atoms with Crippen molar-refractivity contribution in [2.75, 3.05) is 13.1 Å². The summed E-state index contributed by atoms with van der Waals surface area (Å²) in [4.78, 5) is 2.55. The van der Waals surface area contributed by atoms with Crippen LogP contribution in [0.1, 0.15) is 48.8 Å². The molecule has 2 aromatic rings. The summed E-state index contributed by atoms with van der Waals surface area (Å²) in [5, 5.41) is 13.5. The molecule has 1 N–H and O–H groups in total. The van der Waals surface area contributed by atoms with Gasteiger partial charge in [-0.1, -0.05) is 11.6 Å². The molecule has 5 nitrogen and oxygen atoms in total. The smallest absolute Gasteiger partial charge is 0.151 e. The summed E-state index contributed by atoms with van der Waals surface area (Å²) in [5.74, 6) is 2.80. The highest BCUT2D eigenvalue weighted by atomic mass is 35.5. The Morgan fingerprint density at radius 1 is 1.12 bits per heavy atom. The number of nitrogens with zero attached hydrogens (tertiary/aromatic N) is 4. The molecule has 4 aliphatic rings. The molecule has 6 heteroatoms. The minimum Gasteiger partial charge on any atom is -0.316 e. The predicted molar refractivity (Wildman–Crippen MR) is 95.9 cm³/mol. The van der Waals surface area contributed by atoms with Crippen molar-refractivity contribution in [3.8, 4) is 5.69 Å². The van der Waals surface area contributed by atoms with E-state index in [1.165, 1.54) is 50.0 Å². The number of nitrogens with one attached hydrogen (secondary N) is 1. The molecule has 1 aromatic heterocycles. The minimum absolute atomic E-state index is 0.541. The van der Waals surface area contributed by atoms with Crippen molar-refractivity contribution in [1.29, 1.82) is 0 Å². The molecule has 6 rings (SSSR count).